The van der Waals surface area contributed by atoms with Crippen molar-refractivity contribution in [2.75, 3.05) is 36.8 Å². The predicted molar refractivity (Wildman–Crippen MR) is 308 cm³/mol. The Balaban J connectivity index is 0.000000179. The van der Waals surface area contributed by atoms with Crippen molar-refractivity contribution in [3.63, 3.8) is 0 Å². The maximum atomic E-state index is 13.1. The first-order valence-electron chi connectivity index (χ1n) is 27.9. The van der Waals surface area contributed by atoms with Gasteiger partial charge < -0.3 is 49.5 Å². The van der Waals surface area contributed by atoms with Gasteiger partial charge in [-0.05, 0) is 203 Å². The van der Waals surface area contributed by atoms with E-state index >= 15 is 0 Å². The molecule has 8 heterocycles. The van der Waals surface area contributed by atoms with Crippen LogP contribution in [0, 0.1) is 0 Å². The number of ether oxygens (including phenoxy) is 2. The fourth-order valence-electron chi connectivity index (χ4n) is 10.9. The average Bonchev–Trinajstić information content (AvgIpc) is 4.46. The number of anilines is 2. The van der Waals surface area contributed by atoms with E-state index in [0.29, 0.717) is 37.0 Å². The van der Waals surface area contributed by atoms with Crippen molar-refractivity contribution in [3.8, 4) is 45.2 Å². The standard InChI is InChI=1S/C36H43N5O6.C26H27N5O2/c1-35(2,3)46-33(43)40-17-7-9-27(40)31-37-21-26(39-31)23-13-16-29-24(19-23)20-30(45-29)22-11-14-25(15-12-22)38-32(42)28-10-8-18-41(28)34(44)47-36(4,5)6;32-26(21-4-2-12-28-21)30-19-8-5-16(6-9-19)24-14-18-13-17(7-10-23(18)33-24)22-15-29-25(31-22)20-3-1-11-27-20/h11-16,19-21,27-28H,7-10,17-18H2,1-6H3,(H,37,39)(H,38,42);5-10,13-15,20-21,27-28H,1-4,11-12H2,(H,29,31)(H,30,32)/t27-,28-;20-,21-/m00/s1. The Hall–Kier alpha value is -8.22. The summed E-state index contributed by atoms with van der Waals surface area (Å²) in [5.41, 5.74) is 7.58. The van der Waals surface area contributed by atoms with E-state index in [1.54, 1.807) is 11.1 Å². The van der Waals surface area contributed by atoms with E-state index in [1.807, 2.05) is 127 Å². The van der Waals surface area contributed by atoms with Crippen LogP contribution in [0.2, 0.25) is 0 Å². The summed E-state index contributed by atoms with van der Waals surface area (Å²) in [6, 6.07) is 31.0. The number of amides is 4. The molecule has 4 aromatic heterocycles. The minimum absolute atomic E-state index is 0.0298. The lowest BCUT2D eigenvalue weighted by molar-refractivity contribution is -0.120. The van der Waals surface area contributed by atoms with Crippen molar-refractivity contribution < 1.29 is 37.5 Å². The number of H-pyrrole nitrogens is 2. The number of fused-ring (bicyclic) bond motifs is 2. The second-order valence-electron chi connectivity index (χ2n) is 23.2. The number of aromatic amines is 2. The van der Waals surface area contributed by atoms with Crippen LogP contribution in [0.1, 0.15) is 117 Å². The van der Waals surface area contributed by atoms with Gasteiger partial charge in [-0.25, -0.2) is 19.6 Å². The van der Waals surface area contributed by atoms with Crippen LogP contribution in [0.3, 0.4) is 0 Å². The quantitative estimate of drug-likeness (QED) is 0.0752. The van der Waals surface area contributed by atoms with Gasteiger partial charge in [0.2, 0.25) is 11.8 Å². The van der Waals surface area contributed by atoms with Crippen molar-refractivity contribution in [1.82, 2.24) is 40.4 Å². The van der Waals surface area contributed by atoms with Gasteiger partial charge in [-0.3, -0.25) is 19.4 Å². The Morgan fingerprint density at radius 1 is 0.550 bits per heavy atom. The summed E-state index contributed by atoms with van der Waals surface area (Å²) in [5.74, 6) is 3.05. The molecule has 4 aromatic carbocycles. The van der Waals surface area contributed by atoms with Gasteiger partial charge in [0.15, 0.2) is 0 Å². The van der Waals surface area contributed by atoms with Crippen molar-refractivity contribution in [2.45, 2.75) is 128 Å². The van der Waals surface area contributed by atoms with Gasteiger partial charge in [0, 0.05) is 57.5 Å². The monoisotopic (exact) mass is 1080 g/mol. The zero-order valence-corrected chi connectivity index (χ0v) is 46.2. The summed E-state index contributed by atoms with van der Waals surface area (Å²) >= 11 is 0. The molecule has 0 unspecified atom stereocenters. The van der Waals surface area contributed by atoms with Crippen molar-refractivity contribution >= 4 is 57.3 Å². The van der Waals surface area contributed by atoms with Gasteiger partial charge >= 0.3 is 12.2 Å². The molecule has 4 amide bonds. The van der Waals surface area contributed by atoms with Gasteiger partial charge in [0.1, 0.15) is 51.6 Å². The molecule has 4 atom stereocenters. The molecule has 4 fully saturated rings. The van der Waals surface area contributed by atoms with Gasteiger partial charge in [-0.15, -0.1) is 0 Å². The molecule has 12 rings (SSSR count). The number of imidazole rings is 2. The Bertz CT molecular complexity index is 3510. The zero-order chi connectivity index (χ0) is 55.7. The highest BCUT2D eigenvalue weighted by Gasteiger charge is 2.37. The number of hydrogen-bond donors (Lipinski definition) is 6. The van der Waals surface area contributed by atoms with E-state index in [9.17, 15) is 19.2 Å². The number of nitrogens with one attached hydrogen (secondary N) is 6. The Morgan fingerprint density at radius 3 is 1.60 bits per heavy atom. The molecule has 4 saturated heterocycles. The van der Waals surface area contributed by atoms with Crippen LogP contribution < -0.4 is 21.3 Å². The third kappa shape index (κ3) is 12.3. The minimum atomic E-state index is -0.626. The Kier molecular flexibility index (Phi) is 15.1. The molecule has 0 spiro atoms. The smallest absolute Gasteiger partial charge is 0.410 e. The van der Waals surface area contributed by atoms with E-state index in [4.69, 9.17) is 18.3 Å². The normalized spacial score (nSPS) is 19.3. The first-order valence-corrected chi connectivity index (χ1v) is 27.9. The summed E-state index contributed by atoms with van der Waals surface area (Å²) in [6.07, 6.45) is 10.2. The highest BCUT2D eigenvalue weighted by atomic mass is 16.6. The van der Waals surface area contributed by atoms with Crippen LogP contribution in [0.15, 0.2) is 118 Å². The third-order valence-corrected chi connectivity index (χ3v) is 14.9. The molecular weight excluding hydrogens is 1010 g/mol. The number of rotatable bonds is 10. The topological polar surface area (TPSA) is 225 Å². The number of hydrogen-bond acceptors (Lipinski definition) is 12. The average molecular weight is 1080 g/mol. The van der Waals surface area contributed by atoms with E-state index in [-0.39, 0.29) is 30.0 Å². The summed E-state index contributed by atoms with van der Waals surface area (Å²) in [5, 5.41) is 14.6. The van der Waals surface area contributed by atoms with Crippen LogP contribution in [0.4, 0.5) is 21.0 Å². The first kappa shape index (κ1) is 53.8. The lowest BCUT2D eigenvalue weighted by Crippen LogP contribution is -2.45. The maximum Gasteiger partial charge on any atom is 0.410 e. The third-order valence-electron chi connectivity index (χ3n) is 14.9. The summed E-state index contributed by atoms with van der Waals surface area (Å²) in [4.78, 5) is 70.2. The molecule has 0 radical (unpaired) electrons. The fourth-order valence-corrected chi connectivity index (χ4v) is 10.9. The Morgan fingerprint density at radius 2 is 1.05 bits per heavy atom. The number of likely N-dealkylation sites (tertiary alicyclic amines) is 2. The minimum Gasteiger partial charge on any atom is -0.456 e. The number of carbonyl (C=O) groups is 4. The van der Waals surface area contributed by atoms with Crippen molar-refractivity contribution in [2.24, 2.45) is 0 Å². The molecule has 416 valence electrons. The van der Waals surface area contributed by atoms with E-state index in [0.717, 1.165) is 130 Å². The van der Waals surface area contributed by atoms with Crippen molar-refractivity contribution in [3.05, 3.63) is 121 Å². The summed E-state index contributed by atoms with van der Waals surface area (Å²) < 4.78 is 23.4. The molecule has 4 aliphatic rings. The van der Waals surface area contributed by atoms with Gasteiger partial charge in [-0.2, -0.15) is 0 Å². The second kappa shape index (κ2) is 22.5. The number of benzene rings is 4. The van der Waals surface area contributed by atoms with Gasteiger partial charge in [0.25, 0.3) is 0 Å². The van der Waals surface area contributed by atoms with Crippen LogP contribution in [0.5, 0.6) is 0 Å². The van der Waals surface area contributed by atoms with E-state index in [2.05, 4.69) is 59.4 Å². The van der Waals surface area contributed by atoms with E-state index in [1.165, 1.54) is 11.3 Å². The molecule has 6 N–H and O–H groups in total. The van der Waals surface area contributed by atoms with Crippen LogP contribution in [0.25, 0.3) is 67.1 Å². The summed E-state index contributed by atoms with van der Waals surface area (Å²) in [7, 11) is 0. The SMILES string of the molecule is CC(C)(C)OC(=O)N1CCC[C@H]1C(=O)Nc1ccc(-c2cc3cc(-c4cnc([C@@H]5CCCN5C(=O)OC(C)(C)C)[nH]4)ccc3o2)cc1.O=C(Nc1ccc(-c2cc3cc(-c4cnc([C@@H]5CCCN5)[nH]4)ccc3o2)cc1)[C@@H]1CCCN1. The first-order chi connectivity index (χ1) is 38.5. The molecule has 0 bridgehead atoms. The van der Waals surface area contributed by atoms with Crippen LogP contribution in [-0.2, 0) is 19.1 Å². The molecule has 4 aliphatic heterocycles. The second-order valence-corrected chi connectivity index (χ2v) is 23.2. The molecule has 8 aromatic rings. The molecule has 0 saturated carbocycles. The zero-order valence-electron chi connectivity index (χ0n) is 46.2. The predicted octanol–water partition coefficient (Wildman–Crippen LogP) is 12.5. The lowest BCUT2D eigenvalue weighted by atomic mass is 10.1. The lowest BCUT2D eigenvalue weighted by Gasteiger charge is -2.28. The van der Waals surface area contributed by atoms with Crippen LogP contribution in [-0.4, -0.2) is 103 Å². The van der Waals surface area contributed by atoms with Gasteiger partial charge in [0.05, 0.1) is 41.9 Å². The van der Waals surface area contributed by atoms with E-state index < -0.39 is 23.3 Å². The molecule has 18 heteroatoms. The largest absolute Gasteiger partial charge is 0.456 e. The van der Waals surface area contributed by atoms with Crippen molar-refractivity contribution in [1.29, 1.82) is 0 Å². The molecule has 80 heavy (non-hydrogen) atoms. The fraction of sp³-hybridized carbons (Fsp3) is 0.387. The maximum absolute atomic E-state index is 13.1. The molecule has 0 aliphatic carbocycles. The Labute approximate surface area is 464 Å². The number of furan rings is 2. The molecular formula is C62H70N10O8. The summed E-state index contributed by atoms with van der Waals surface area (Å²) in [6.45, 7) is 14.1. The van der Waals surface area contributed by atoms with Gasteiger partial charge in [-0.1, -0.05) is 0 Å². The number of aromatic nitrogens is 4. The molecule has 18 nitrogen and oxygen atoms in total. The van der Waals surface area contributed by atoms with Crippen LogP contribution >= 0.6 is 0 Å². The highest BCUT2D eigenvalue weighted by Crippen LogP contribution is 2.37. The number of carbonyl (C=O) groups excluding carboxylic acids is 4. The highest BCUT2D eigenvalue weighted by molar-refractivity contribution is 5.97. The number of nitrogens with zero attached hydrogens (tertiary/aromatic N) is 4.